The van der Waals surface area contributed by atoms with Crippen LogP contribution in [0.3, 0.4) is 0 Å². The van der Waals surface area contributed by atoms with Crippen molar-refractivity contribution in [3.05, 3.63) is 0 Å². The quantitative estimate of drug-likeness (QED) is 0.278. The van der Waals surface area contributed by atoms with Gasteiger partial charge in [-0.3, -0.25) is 4.57 Å². The van der Waals surface area contributed by atoms with Gasteiger partial charge in [0.1, 0.15) is 0 Å². The van der Waals surface area contributed by atoms with E-state index in [1.807, 2.05) is 21.1 Å². The van der Waals surface area contributed by atoms with Gasteiger partial charge in [0, 0.05) is 13.1 Å². The average Bonchev–Trinajstić information content (AvgIpc) is 1.76. The second kappa shape index (κ2) is 6.32. The Morgan fingerprint density at radius 1 is 1.38 bits per heavy atom. The summed E-state index contributed by atoms with van der Waals surface area (Å²) in [6, 6.07) is 0. The van der Waals surface area contributed by atoms with Crippen LogP contribution in [0.5, 0.6) is 0 Å². The van der Waals surface area contributed by atoms with Gasteiger partial charge in [-0.1, -0.05) is 0 Å². The van der Waals surface area contributed by atoms with E-state index >= 15 is 0 Å². The van der Waals surface area contributed by atoms with Crippen LogP contribution in [0.15, 0.2) is 0 Å². The molecule has 0 aliphatic heterocycles. The summed E-state index contributed by atoms with van der Waals surface area (Å²) in [6.07, 6.45) is 0.727. The molecule has 0 N–H and O–H groups in total. The highest BCUT2D eigenvalue weighted by Gasteiger charge is 2.13. The number of hydrogen-bond acceptors (Lipinski definition) is 2. The van der Waals surface area contributed by atoms with E-state index in [1.54, 1.807) is 0 Å². The predicted molar refractivity (Wildman–Crippen MR) is 48.1 cm³/mol. The van der Waals surface area contributed by atoms with Crippen LogP contribution in [0.4, 0.5) is 4.20 Å². The first-order valence-corrected chi connectivity index (χ1v) is 5.89. The lowest BCUT2D eigenvalue weighted by Crippen LogP contribution is -3.00. The minimum absolute atomic E-state index is 0. The maximum Gasteiger partial charge on any atom is 0.364 e. The smallest absolute Gasteiger partial charge is 0.364 e. The van der Waals surface area contributed by atoms with E-state index in [9.17, 15) is 8.76 Å². The van der Waals surface area contributed by atoms with Crippen LogP contribution in [0.1, 0.15) is 6.42 Å². The zero-order valence-corrected chi connectivity index (χ0v) is 11.6. The molecule has 13 heavy (non-hydrogen) atoms. The van der Waals surface area contributed by atoms with Crippen LogP contribution in [0.25, 0.3) is 0 Å². The second-order valence-corrected chi connectivity index (χ2v) is 5.70. The highest BCUT2D eigenvalue weighted by Crippen LogP contribution is 2.43. The van der Waals surface area contributed by atoms with Crippen molar-refractivity contribution in [3.63, 3.8) is 0 Å². The van der Waals surface area contributed by atoms with Gasteiger partial charge in [-0.25, -0.2) is 0 Å². The van der Waals surface area contributed by atoms with Crippen LogP contribution in [-0.2, 0) is 9.09 Å². The van der Waals surface area contributed by atoms with Crippen LogP contribution >= 0.6 is 7.68 Å². The van der Waals surface area contributed by atoms with Crippen LogP contribution in [-0.4, -0.2) is 45.4 Å². The summed E-state index contributed by atoms with van der Waals surface area (Å²) in [5.74, 6) is 0. The molecule has 0 saturated carbocycles. The van der Waals surface area contributed by atoms with Crippen molar-refractivity contribution < 1.29 is 41.7 Å². The maximum absolute atomic E-state index is 12.3. The molecular formula is C7H18FINO2P. The van der Waals surface area contributed by atoms with Crippen molar-refractivity contribution in [3.8, 4) is 0 Å². The third-order valence-corrected chi connectivity index (χ3v) is 1.94. The lowest BCUT2D eigenvalue weighted by Gasteiger charge is -2.23. The Morgan fingerprint density at radius 3 is 2.15 bits per heavy atom. The predicted octanol–water partition coefficient (Wildman–Crippen LogP) is -1.10. The Labute approximate surface area is 96.8 Å². The monoisotopic (exact) mass is 325 g/mol. The number of quaternary nitrogens is 1. The molecule has 0 aliphatic carbocycles. The molecule has 82 valence electrons. The molecule has 0 aromatic rings. The Kier molecular flexibility index (Phi) is 7.90. The van der Waals surface area contributed by atoms with E-state index in [0.29, 0.717) is 0 Å². The molecule has 1 atom stereocenters. The SMILES string of the molecule is C[N+](C)(C)CCCOP(C)(=O)F.[I-]. The third kappa shape index (κ3) is 15.6. The van der Waals surface area contributed by atoms with E-state index in [4.69, 9.17) is 0 Å². The molecule has 0 rings (SSSR count). The van der Waals surface area contributed by atoms with Gasteiger partial charge in [0.25, 0.3) is 0 Å². The Hall–Kier alpha value is 0.810. The highest BCUT2D eigenvalue weighted by molar-refractivity contribution is 7.52. The molecule has 0 radical (unpaired) electrons. The standard InChI is InChI=1S/C7H18FNO2P.HI/c1-9(2,3)6-5-7-11-12(4,8)10;/h5-7H2,1-4H3;1H/q+1;/p-1. The first kappa shape index (κ1) is 16.2. The first-order chi connectivity index (χ1) is 5.21. The summed E-state index contributed by atoms with van der Waals surface area (Å²) in [5.41, 5.74) is 0. The van der Waals surface area contributed by atoms with Gasteiger partial charge in [-0.2, -0.15) is 4.20 Å². The van der Waals surface area contributed by atoms with Crippen molar-refractivity contribution in [2.75, 3.05) is 41.0 Å². The maximum atomic E-state index is 12.3. The molecule has 0 spiro atoms. The van der Waals surface area contributed by atoms with Crippen LogP contribution in [0, 0.1) is 0 Å². The zero-order valence-electron chi connectivity index (χ0n) is 8.59. The molecule has 1 unspecified atom stereocenters. The topological polar surface area (TPSA) is 26.3 Å². The lowest BCUT2D eigenvalue weighted by atomic mass is 10.4. The number of halogens is 2. The minimum Gasteiger partial charge on any atom is -1.00 e. The van der Waals surface area contributed by atoms with Crippen molar-refractivity contribution in [1.82, 2.24) is 0 Å². The van der Waals surface area contributed by atoms with Crippen LogP contribution in [0.2, 0.25) is 0 Å². The summed E-state index contributed by atoms with van der Waals surface area (Å²) in [5, 5.41) is 0. The Balaban J connectivity index is 0. The van der Waals surface area contributed by atoms with Crippen LogP contribution < -0.4 is 24.0 Å². The Morgan fingerprint density at radius 2 is 1.85 bits per heavy atom. The lowest BCUT2D eigenvalue weighted by molar-refractivity contribution is -0.870. The fraction of sp³-hybridized carbons (Fsp3) is 1.00. The van der Waals surface area contributed by atoms with Crippen molar-refractivity contribution in [2.45, 2.75) is 6.42 Å². The molecule has 0 heterocycles. The first-order valence-electron chi connectivity index (χ1n) is 3.93. The molecule has 0 aromatic carbocycles. The fourth-order valence-corrected chi connectivity index (χ4v) is 1.22. The van der Waals surface area contributed by atoms with Gasteiger partial charge in [-0.05, 0) is 0 Å². The van der Waals surface area contributed by atoms with Gasteiger partial charge >= 0.3 is 7.68 Å². The highest BCUT2D eigenvalue weighted by atomic mass is 127. The van der Waals surface area contributed by atoms with Gasteiger partial charge in [0.2, 0.25) is 0 Å². The summed E-state index contributed by atoms with van der Waals surface area (Å²) >= 11 is 0. The van der Waals surface area contributed by atoms with E-state index in [2.05, 4.69) is 4.52 Å². The van der Waals surface area contributed by atoms with E-state index in [1.165, 1.54) is 0 Å². The number of rotatable bonds is 5. The molecule has 0 aliphatic rings. The van der Waals surface area contributed by atoms with E-state index in [-0.39, 0.29) is 30.6 Å². The van der Waals surface area contributed by atoms with Gasteiger partial charge in [0.05, 0.1) is 34.3 Å². The number of hydrogen-bond donors (Lipinski definition) is 0. The molecule has 0 aromatic heterocycles. The van der Waals surface area contributed by atoms with Gasteiger partial charge in [-0.15, -0.1) is 0 Å². The minimum atomic E-state index is -3.75. The number of nitrogens with zero attached hydrogens (tertiary/aromatic N) is 1. The summed E-state index contributed by atoms with van der Waals surface area (Å²) in [7, 11) is 2.37. The molecule has 0 fully saturated rings. The molecule has 3 nitrogen and oxygen atoms in total. The van der Waals surface area contributed by atoms with Gasteiger partial charge in [0.15, 0.2) is 0 Å². The van der Waals surface area contributed by atoms with Gasteiger partial charge < -0.3 is 33.0 Å². The Bertz CT molecular complexity index is 178. The zero-order chi connectivity index (χ0) is 9.83. The largest absolute Gasteiger partial charge is 1.00 e. The fourth-order valence-electron chi connectivity index (χ4n) is 0.766. The third-order valence-electron chi connectivity index (χ3n) is 1.30. The average molecular weight is 325 g/mol. The normalized spacial score (nSPS) is 16.1. The van der Waals surface area contributed by atoms with E-state index in [0.717, 1.165) is 24.1 Å². The van der Waals surface area contributed by atoms with Crippen molar-refractivity contribution in [1.29, 1.82) is 0 Å². The van der Waals surface area contributed by atoms with E-state index < -0.39 is 7.68 Å². The molecular weight excluding hydrogens is 307 g/mol. The molecule has 0 bridgehead atoms. The van der Waals surface area contributed by atoms with Crippen molar-refractivity contribution in [2.24, 2.45) is 0 Å². The summed E-state index contributed by atoms with van der Waals surface area (Å²) in [6.45, 7) is 2.11. The summed E-state index contributed by atoms with van der Waals surface area (Å²) < 4.78 is 28.1. The molecule has 0 saturated heterocycles. The second-order valence-electron chi connectivity index (χ2n) is 3.95. The van der Waals surface area contributed by atoms with Crippen molar-refractivity contribution >= 4 is 7.68 Å². The molecule has 6 heteroatoms. The molecule has 0 amide bonds. The summed E-state index contributed by atoms with van der Waals surface area (Å²) in [4.78, 5) is 0.